The molecule has 6 rings (SSSR count). The van der Waals surface area contributed by atoms with E-state index in [0.717, 1.165) is 33.6 Å². The van der Waals surface area contributed by atoms with Crippen LogP contribution < -0.4 is 10.2 Å². The molecule has 1 atom stereocenters. The number of rotatable bonds is 7. The summed E-state index contributed by atoms with van der Waals surface area (Å²) in [5.41, 5.74) is 6.68. The first-order valence-electron chi connectivity index (χ1n) is 13.4. The van der Waals surface area contributed by atoms with Crippen LogP contribution in [0.5, 0.6) is 0 Å². The standard InChI is InChI=1S/C32H29N5O2S2/c1-21-9-6-7-13-25(21)37-32-28(29(35-37)24-11-4-3-5-12-24)31(30-22(2)14-16-40-30)41-20-27(39)36(32)19-26(38)34-18-23-10-8-15-33-17-23/h3-17,31H,18-20H2,1-2H3,(H,34,38). The topological polar surface area (TPSA) is 80.1 Å². The second-order valence-electron chi connectivity index (χ2n) is 9.93. The van der Waals surface area contributed by atoms with E-state index < -0.39 is 0 Å². The average Bonchev–Trinajstić information content (AvgIpc) is 3.57. The van der Waals surface area contributed by atoms with Crippen LogP contribution in [0.2, 0.25) is 0 Å². The monoisotopic (exact) mass is 579 g/mol. The zero-order valence-corrected chi connectivity index (χ0v) is 24.4. The van der Waals surface area contributed by atoms with E-state index in [1.54, 1.807) is 40.4 Å². The number of amides is 2. The Balaban J connectivity index is 1.52. The Morgan fingerprint density at radius 3 is 2.54 bits per heavy atom. The van der Waals surface area contributed by atoms with Gasteiger partial charge in [0.15, 0.2) is 0 Å². The molecule has 1 aliphatic rings. The Hall–Kier alpha value is -4.21. The number of para-hydroxylation sites is 1. The van der Waals surface area contributed by atoms with Crippen molar-refractivity contribution in [1.29, 1.82) is 0 Å². The third kappa shape index (κ3) is 5.42. The lowest BCUT2D eigenvalue weighted by Crippen LogP contribution is -2.42. The van der Waals surface area contributed by atoms with Gasteiger partial charge in [0.2, 0.25) is 11.8 Å². The van der Waals surface area contributed by atoms with Gasteiger partial charge in [-0.3, -0.25) is 19.5 Å². The lowest BCUT2D eigenvalue weighted by atomic mass is 10.0. The number of benzene rings is 2. The fourth-order valence-corrected chi connectivity index (χ4v) is 7.53. The highest BCUT2D eigenvalue weighted by atomic mass is 32.2. The third-order valence-corrected chi connectivity index (χ3v) is 9.59. The second kappa shape index (κ2) is 11.7. The van der Waals surface area contributed by atoms with Crippen molar-refractivity contribution >= 4 is 40.7 Å². The fourth-order valence-electron chi connectivity index (χ4n) is 5.06. The van der Waals surface area contributed by atoms with Crippen LogP contribution in [0.1, 0.15) is 32.4 Å². The maximum absolute atomic E-state index is 13.9. The molecule has 0 bridgehead atoms. The average molecular weight is 580 g/mol. The number of anilines is 1. The fraction of sp³-hybridized carbons (Fsp3) is 0.188. The first-order valence-corrected chi connectivity index (χ1v) is 15.3. The lowest BCUT2D eigenvalue weighted by Gasteiger charge is -2.23. The van der Waals surface area contributed by atoms with Gasteiger partial charge in [0, 0.05) is 34.9 Å². The Kier molecular flexibility index (Phi) is 7.71. The van der Waals surface area contributed by atoms with Crippen molar-refractivity contribution in [2.24, 2.45) is 0 Å². The molecule has 206 valence electrons. The van der Waals surface area contributed by atoms with Crippen LogP contribution in [0.3, 0.4) is 0 Å². The third-order valence-electron chi connectivity index (χ3n) is 7.13. The Morgan fingerprint density at radius 2 is 1.80 bits per heavy atom. The molecule has 9 heteroatoms. The highest BCUT2D eigenvalue weighted by molar-refractivity contribution is 8.00. The van der Waals surface area contributed by atoms with Gasteiger partial charge < -0.3 is 5.32 Å². The predicted molar refractivity (Wildman–Crippen MR) is 166 cm³/mol. The zero-order valence-electron chi connectivity index (χ0n) is 22.8. The van der Waals surface area contributed by atoms with Gasteiger partial charge in [0.05, 0.1) is 22.4 Å². The first kappa shape index (κ1) is 27.0. The summed E-state index contributed by atoms with van der Waals surface area (Å²) in [6.07, 6.45) is 3.42. The van der Waals surface area contributed by atoms with Gasteiger partial charge >= 0.3 is 0 Å². The second-order valence-corrected chi connectivity index (χ2v) is 12.0. The van der Waals surface area contributed by atoms with E-state index in [-0.39, 0.29) is 29.4 Å². The summed E-state index contributed by atoms with van der Waals surface area (Å²) >= 11 is 3.29. The molecule has 0 saturated heterocycles. The quantitative estimate of drug-likeness (QED) is 0.252. The molecule has 2 aromatic carbocycles. The minimum Gasteiger partial charge on any atom is -0.350 e. The highest BCUT2D eigenvalue weighted by Gasteiger charge is 2.38. The van der Waals surface area contributed by atoms with Crippen molar-refractivity contribution in [3.63, 3.8) is 0 Å². The van der Waals surface area contributed by atoms with Gasteiger partial charge in [-0.05, 0) is 54.1 Å². The lowest BCUT2D eigenvalue weighted by molar-refractivity contribution is -0.123. The van der Waals surface area contributed by atoms with Crippen LogP contribution in [0.4, 0.5) is 5.82 Å². The van der Waals surface area contributed by atoms with Gasteiger partial charge in [-0.25, -0.2) is 4.68 Å². The van der Waals surface area contributed by atoms with E-state index in [9.17, 15) is 9.59 Å². The number of nitrogens with one attached hydrogen (secondary N) is 1. The Labute approximate surface area is 247 Å². The Morgan fingerprint density at radius 1 is 1.00 bits per heavy atom. The number of aromatic nitrogens is 3. The van der Waals surface area contributed by atoms with E-state index in [4.69, 9.17) is 5.10 Å². The van der Waals surface area contributed by atoms with E-state index >= 15 is 0 Å². The minimum atomic E-state index is -0.247. The van der Waals surface area contributed by atoms with Crippen LogP contribution in [0.25, 0.3) is 16.9 Å². The van der Waals surface area contributed by atoms with Crippen molar-refractivity contribution < 1.29 is 9.59 Å². The van der Waals surface area contributed by atoms with Gasteiger partial charge in [-0.15, -0.1) is 23.1 Å². The van der Waals surface area contributed by atoms with Crippen LogP contribution in [-0.2, 0) is 16.1 Å². The van der Waals surface area contributed by atoms with E-state index in [0.29, 0.717) is 12.4 Å². The van der Waals surface area contributed by atoms with Crippen molar-refractivity contribution in [2.45, 2.75) is 25.6 Å². The molecule has 4 heterocycles. The molecule has 5 aromatic rings. The molecule has 0 spiro atoms. The molecule has 41 heavy (non-hydrogen) atoms. The number of carbonyl (C=O) groups excluding carboxylic acids is 2. The molecule has 2 amide bonds. The molecular formula is C32H29N5O2S2. The van der Waals surface area contributed by atoms with Crippen molar-refractivity contribution in [3.05, 3.63) is 118 Å². The van der Waals surface area contributed by atoms with E-state index in [1.807, 2.05) is 78.3 Å². The maximum Gasteiger partial charge on any atom is 0.240 e. The number of nitrogens with zero attached hydrogens (tertiary/aromatic N) is 4. The number of thioether (sulfide) groups is 1. The van der Waals surface area contributed by atoms with Crippen molar-refractivity contribution in [2.75, 3.05) is 17.2 Å². The molecule has 3 aromatic heterocycles. The number of fused-ring (bicyclic) bond motifs is 1. The first-order chi connectivity index (χ1) is 20.0. The normalized spacial score (nSPS) is 14.9. The summed E-state index contributed by atoms with van der Waals surface area (Å²) in [6.45, 7) is 4.36. The summed E-state index contributed by atoms with van der Waals surface area (Å²) in [5.74, 6) is 0.512. The molecule has 0 aliphatic carbocycles. The number of carbonyl (C=O) groups is 2. The Bertz CT molecular complexity index is 1700. The number of thiophene rings is 1. The number of aryl methyl sites for hydroxylation is 2. The maximum atomic E-state index is 13.9. The molecular weight excluding hydrogens is 551 g/mol. The summed E-state index contributed by atoms with van der Waals surface area (Å²) in [5, 5.41) is 10.1. The smallest absolute Gasteiger partial charge is 0.240 e. The molecule has 1 aliphatic heterocycles. The van der Waals surface area contributed by atoms with Crippen LogP contribution in [0, 0.1) is 13.8 Å². The van der Waals surface area contributed by atoms with Crippen LogP contribution in [-0.4, -0.2) is 38.9 Å². The van der Waals surface area contributed by atoms with E-state index in [1.165, 1.54) is 10.4 Å². The SMILES string of the molecule is Cc1ccccc1-n1nc(-c2ccccc2)c2c1N(CC(=O)NCc1cccnc1)C(=O)CSC2c1sccc1C. The van der Waals surface area contributed by atoms with Crippen LogP contribution >= 0.6 is 23.1 Å². The zero-order chi connectivity index (χ0) is 28.3. The number of pyridine rings is 1. The number of hydrogen-bond acceptors (Lipinski definition) is 6. The molecule has 0 radical (unpaired) electrons. The molecule has 1 unspecified atom stereocenters. The van der Waals surface area contributed by atoms with Gasteiger partial charge in [0.25, 0.3) is 0 Å². The van der Waals surface area contributed by atoms with Crippen LogP contribution in [0.15, 0.2) is 90.6 Å². The summed E-state index contributed by atoms with van der Waals surface area (Å²) in [6, 6.07) is 23.9. The van der Waals surface area contributed by atoms with Gasteiger partial charge in [0.1, 0.15) is 12.4 Å². The largest absolute Gasteiger partial charge is 0.350 e. The summed E-state index contributed by atoms with van der Waals surface area (Å²) in [7, 11) is 0. The minimum absolute atomic E-state index is 0.116. The molecule has 0 fully saturated rings. The molecule has 1 N–H and O–H groups in total. The molecule has 7 nitrogen and oxygen atoms in total. The van der Waals surface area contributed by atoms with Gasteiger partial charge in [-0.1, -0.05) is 54.6 Å². The van der Waals surface area contributed by atoms with Gasteiger partial charge in [-0.2, -0.15) is 5.10 Å². The highest BCUT2D eigenvalue weighted by Crippen LogP contribution is 2.50. The van der Waals surface area contributed by atoms with Crippen molar-refractivity contribution in [1.82, 2.24) is 20.1 Å². The summed E-state index contributed by atoms with van der Waals surface area (Å²) in [4.78, 5) is 34.2. The summed E-state index contributed by atoms with van der Waals surface area (Å²) < 4.78 is 1.86. The predicted octanol–water partition coefficient (Wildman–Crippen LogP) is 6.10. The number of hydrogen-bond donors (Lipinski definition) is 1. The van der Waals surface area contributed by atoms with Crippen molar-refractivity contribution in [3.8, 4) is 16.9 Å². The molecule has 0 saturated carbocycles. The van der Waals surface area contributed by atoms with E-state index in [2.05, 4.69) is 28.7 Å².